The Kier molecular flexibility index (Phi) is 4.06. The maximum absolute atomic E-state index is 5.08. The number of rotatable bonds is 5. The van der Waals surface area contributed by atoms with Gasteiger partial charge < -0.3 is 10.1 Å². The molecule has 2 rings (SSSR count). The minimum Gasteiger partial charge on any atom is -0.481 e. The molecule has 0 spiro atoms. The van der Waals surface area contributed by atoms with Crippen molar-refractivity contribution in [2.24, 2.45) is 0 Å². The third-order valence-electron chi connectivity index (χ3n) is 2.43. The summed E-state index contributed by atoms with van der Waals surface area (Å²) >= 11 is 1.67. The molecule has 2 aromatic rings. The van der Waals surface area contributed by atoms with E-state index in [9.17, 15) is 0 Å². The summed E-state index contributed by atoms with van der Waals surface area (Å²) in [6.07, 6.45) is 0. The number of hydrogen-bond donors (Lipinski definition) is 1. The van der Waals surface area contributed by atoms with Gasteiger partial charge in [0, 0.05) is 24.0 Å². The first-order valence-corrected chi connectivity index (χ1v) is 6.27. The zero-order chi connectivity index (χ0) is 12.1. The van der Waals surface area contributed by atoms with E-state index < -0.39 is 0 Å². The Bertz CT molecular complexity index is 484. The SMILES string of the molecule is COc1cccc(CNCc2scnc2C)n1. The lowest BCUT2D eigenvalue weighted by Gasteiger charge is -2.05. The average Bonchev–Trinajstić information content (AvgIpc) is 2.76. The minimum atomic E-state index is 0.651. The first-order chi connectivity index (χ1) is 8.29. The fourth-order valence-electron chi connectivity index (χ4n) is 1.47. The van der Waals surface area contributed by atoms with E-state index in [4.69, 9.17) is 4.74 Å². The summed E-state index contributed by atoms with van der Waals surface area (Å²) in [5, 5.41) is 3.35. The van der Waals surface area contributed by atoms with Crippen LogP contribution in [0.15, 0.2) is 23.7 Å². The normalized spacial score (nSPS) is 10.5. The number of hydrogen-bond acceptors (Lipinski definition) is 5. The van der Waals surface area contributed by atoms with Crippen LogP contribution in [0, 0.1) is 6.92 Å². The van der Waals surface area contributed by atoms with Crippen LogP contribution in [0.25, 0.3) is 0 Å². The van der Waals surface area contributed by atoms with Gasteiger partial charge >= 0.3 is 0 Å². The number of ether oxygens (including phenoxy) is 1. The maximum atomic E-state index is 5.08. The van der Waals surface area contributed by atoms with E-state index in [0.717, 1.165) is 24.5 Å². The van der Waals surface area contributed by atoms with Crippen LogP contribution >= 0.6 is 11.3 Å². The molecule has 0 saturated carbocycles. The lowest BCUT2D eigenvalue weighted by Crippen LogP contribution is -2.13. The number of thiazole rings is 1. The highest BCUT2D eigenvalue weighted by molar-refractivity contribution is 7.09. The van der Waals surface area contributed by atoms with E-state index in [2.05, 4.69) is 15.3 Å². The third-order valence-corrected chi connectivity index (χ3v) is 3.36. The molecule has 5 heteroatoms. The Hall–Kier alpha value is -1.46. The minimum absolute atomic E-state index is 0.651. The fraction of sp³-hybridized carbons (Fsp3) is 0.333. The van der Waals surface area contributed by atoms with Gasteiger partial charge in [-0.3, -0.25) is 0 Å². The lowest BCUT2D eigenvalue weighted by atomic mass is 10.3. The van der Waals surface area contributed by atoms with Gasteiger partial charge in [0.2, 0.25) is 5.88 Å². The van der Waals surface area contributed by atoms with Gasteiger partial charge in [0.25, 0.3) is 0 Å². The number of pyridine rings is 1. The molecule has 0 amide bonds. The van der Waals surface area contributed by atoms with Crippen molar-refractivity contribution in [1.29, 1.82) is 0 Å². The van der Waals surface area contributed by atoms with Gasteiger partial charge in [0.15, 0.2) is 0 Å². The summed E-state index contributed by atoms with van der Waals surface area (Å²) in [7, 11) is 1.63. The van der Waals surface area contributed by atoms with Gasteiger partial charge in [-0.2, -0.15) is 0 Å². The second-order valence-electron chi connectivity index (χ2n) is 3.64. The second-order valence-corrected chi connectivity index (χ2v) is 4.58. The lowest BCUT2D eigenvalue weighted by molar-refractivity contribution is 0.395. The van der Waals surface area contributed by atoms with Crippen LogP contribution in [0.2, 0.25) is 0 Å². The monoisotopic (exact) mass is 249 g/mol. The van der Waals surface area contributed by atoms with Crippen molar-refractivity contribution in [3.05, 3.63) is 40.0 Å². The quantitative estimate of drug-likeness (QED) is 0.882. The fourth-order valence-corrected chi connectivity index (χ4v) is 2.22. The molecule has 90 valence electrons. The molecule has 0 aliphatic rings. The van der Waals surface area contributed by atoms with E-state index in [1.807, 2.05) is 30.6 Å². The molecule has 0 unspecified atom stereocenters. The van der Waals surface area contributed by atoms with E-state index in [1.54, 1.807) is 18.4 Å². The average molecular weight is 249 g/mol. The van der Waals surface area contributed by atoms with Crippen molar-refractivity contribution in [2.45, 2.75) is 20.0 Å². The summed E-state index contributed by atoms with van der Waals surface area (Å²) in [6.45, 7) is 3.58. The van der Waals surface area contributed by atoms with Crippen LogP contribution in [0.4, 0.5) is 0 Å². The summed E-state index contributed by atoms with van der Waals surface area (Å²) in [5.41, 5.74) is 3.95. The zero-order valence-electron chi connectivity index (χ0n) is 9.93. The van der Waals surface area contributed by atoms with Crippen LogP contribution in [-0.2, 0) is 13.1 Å². The predicted molar refractivity (Wildman–Crippen MR) is 68.2 cm³/mol. The summed E-state index contributed by atoms with van der Waals surface area (Å²) in [5.74, 6) is 0.651. The van der Waals surface area contributed by atoms with Crippen molar-refractivity contribution in [2.75, 3.05) is 7.11 Å². The Labute approximate surface area is 105 Å². The molecule has 2 heterocycles. The number of nitrogens with one attached hydrogen (secondary N) is 1. The third kappa shape index (κ3) is 3.25. The highest BCUT2D eigenvalue weighted by Gasteiger charge is 2.01. The highest BCUT2D eigenvalue weighted by Crippen LogP contribution is 2.12. The smallest absolute Gasteiger partial charge is 0.213 e. The number of aryl methyl sites for hydroxylation is 1. The Balaban J connectivity index is 1.87. The molecule has 0 aromatic carbocycles. The van der Waals surface area contributed by atoms with Crippen LogP contribution in [0.5, 0.6) is 5.88 Å². The van der Waals surface area contributed by atoms with Crippen LogP contribution in [-0.4, -0.2) is 17.1 Å². The number of aromatic nitrogens is 2. The molecule has 0 radical (unpaired) electrons. The van der Waals surface area contributed by atoms with E-state index >= 15 is 0 Å². The zero-order valence-corrected chi connectivity index (χ0v) is 10.8. The Morgan fingerprint density at radius 3 is 2.94 bits per heavy atom. The summed E-state index contributed by atoms with van der Waals surface area (Å²) < 4.78 is 5.08. The molecule has 0 atom stereocenters. The van der Waals surface area contributed by atoms with Crippen LogP contribution in [0.3, 0.4) is 0 Å². The molecule has 1 N–H and O–H groups in total. The number of methoxy groups -OCH3 is 1. The van der Waals surface area contributed by atoms with E-state index in [-0.39, 0.29) is 0 Å². The Morgan fingerprint density at radius 1 is 1.35 bits per heavy atom. The van der Waals surface area contributed by atoms with E-state index in [0.29, 0.717) is 5.88 Å². The van der Waals surface area contributed by atoms with Gasteiger partial charge in [-0.05, 0) is 13.0 Å². The van der Waals surface area contributed by atoms with E-state index in [1.165, 1.54) is 4.88 Å². The predicted octanol–water partition coefficient (Wildman–Crippen LogP) is 2.14. The first kappa shape index (κ1) is 12.0. The largest absolute Gasteiger partial charge is 0.481 e. The maximum Gasteiger partial charge on any atom is 0.213 e. The Morgan fingerprint density at radius 2 is 2.24 bits per heavy atom. The van der Waals surface area contributed by atoms with Gasteiger partial charge in [-0.25, -0.2) is 9.97 Å². The van der Waals surface area contributed by atoms with Gasteiger partial charge in [-0.1, -0.05) is 6.07 Å². The van der Waals surface area contributed by atoms with Crippen molar-refractivity contribution in [3.8, 4) is 5.88 Å². The standard InChI is InChI=1S/C12H15N3OS/c1-9-11(17-8-14-9)7-13-6-10-4-3-5-12(15-10)16-2/h3-5,8,13H,6-7H2,1-2H3. The van der Waals surface area contributed by atoms with Crippen molar-refractivity contribution >= 4 is 11.3 Å². The molecule has 4 nitrogen and oxygen atoms in total. The molecular weight excluding hydrogens is 234 g/mol. The van der Waals surface area contributed by atoms with Crippen molar-refractivity contribution < 1.29 is 4.74 Å². The van der Waals surface area contributed by atoms with Crippen LogP contribution in [0.1, 0.15) is 16.3 Å². The van der Waals surface area contributed by atoms with Crippen molar-refractivity contribution in [3.63, 3.8) is 0 Å². The summed E-state index contributed by atoms with van der Waals surface area (Å²) in [6, 6.07) is 5.77. The van der Waals surface area contributed by atoms with Gasteiger partial charge in [0.1, 0.15) is 0 Å². The van der Waals surface area contributed by atoms with Gasteiger partial charge in [0.05, 0.1) is 24.0 Å². The molecule has 2 aromatic heterocycles. The van der Waals surface area contributed by atoms with Crippen LogP contribution < -0.4 is 10.1 Å². The highest BCUT2D eigenvalue weighted by atomic mass is 32.1. The molecular formula is C12H15N3OS. The molecule has 0 saturated heterocycles. The topological polar surface area (TPSA) is 47.0 Å². The molecule has 0 aliphatic heterocycles. The van der Waals surface area contributed by atoms with Gasteiger partial charge in [-0.15, -0.1) is 11.3 Å². The molecule has 0 aliphatic carbocycles. The second kappa shape index (κ2) is 5.75. The molecule has 0 bridgehead atoms. The molecule has 0 fully saturated rings. The molecule has 17 heavy (non-hydrogen) atoms. The first-order valence-electron chi connectivity index (χ1n) is 5.39. The summed E-state index contributed by atoms with van der Waals surface area (Å²) in [4.78, 5) is 9.82. The van der Waals surface area contributed by atoms with Crippen molar-refractivity contribution in [1.82, 2.24) is 15.3 Å². The number of nitrogens with zero attached hydrogens (tertiary/aromatic N) is 2.